The van der Waals surface area contributed by atoms with Crippen molar-refractivity contribution in [1.82, 2.24) is 5.16 Å². The van der Waals surface area contributed by atoms with Gasteiger partial charge in [0.05, 0.1) is 22.8 Å². The number of nitrogens with zero attached hydrogens (tertiary/aromatic N) is 1. The molecular weight excluding hydrogens is 296 g/mol. The van der Waals surface area contributed by atoms with Crippen molar-refractivity contribution in [1.29, 1.82) is 0 Å². The third-order valence-corrected chi connectivity index (χ3v) is 3.67. The predicted molar refractivity (Wildman–Crippen MR) is 72.3 cm³/mol. The topological polar surface area (TPSA) is 61.3 Å². The van der Waals surface area contributed by atoms with Crippen LogP contribution in [0.25, 0.3) is 11.1 Å². The van der Waals surface area contributed by atoms with Crippen LogP contribution >= 0.6 is 15.9 Å². The monoisotopic (exact) mass is 308 g/mol. The number of nitrogens with two attached hydrogens (primary N) is 1. The van der Waals surface area contributed by atoms with E-state index < -0.39 is 0 Å². The Bertz CT molecular complexity index is 564. The van der Waals surface area contributed by atoms with Crippen LogP contribution in [0.2, 0.25) is 0 Å². The predicted octanol–water partition coefficient (Wildman–Crippen LogP) is 3.48. The van der Waals surface area contributed by atoms with Gasteiger partial charge in [-0.2, -0.15) is 0 Å². The molecule has 4 nitrogen and oxygen atoms in total. The lowest BCUT2D eigenvalue weighted by Gasteiger charge is -2.09. The van der Waals surface area contributed by atoms with E-state index in [1.54, 1.807) is 6.20 Å². The molecule has 0 bridgehead atoms. The molecule has 0 amide bonds. The van der Waals surface area contributed by atoms with E-state index >= 15 is 0 Å². The maximum atomic E-state index is 5.80. The number of ether oxygens (including phenoxy) is 1. The van der Waals surface area contributed by atoms with Crippen LogP contribution in [-0.4, -0.2) is 11.8 Å². The molecule has 2 aromatic rings. The molecule has 1 saturated carbocycles. The molecule has 5 heteroatoms. The minimum absolute atomic E-state index is 0.325. The fraction of sp³-hybridized carbons (Fsp3) is 0.308. The standard InChI is InChI=1S/C13H13BrN2O2/c14-11-4-3-9(10-6-16-18-13(10)15)5-12(11)17-7-8-1-2-8/h3-6,8H,1-2,7,15H2. The Kier molecular flexibility index (Phi) is 2.99. The Morgan fingerprint density at radius 3 is 2.94 bits per heavy atom. The fourth-order valence-electron chi connectivity index (χ4n) is 1.74. The lowest BCUT2D eigenvalue weighted by molar-refractivity contribution is 0.298. The summed E-state index contributed by atoms with van der Waals surface area (Å²) in [5, 5.41) is 3.68. The van der Waals surface area contributed by atoms with Crippen LogP contribution < -0.4 is 10.5 Å². The Labute approximate surface area is 113 Å². The number of benzene rings is 1. The van der Waals surface area contributed by atoms with Crippen molar-refractivity contribution in [2.24, 2.45) is 5.92 Å². The molecule has 2 N–H and O–H groups in total. The molecule has 18 heavy (non-hydrogen) atoms. The summed E-state index contributed by atoms with van der Waals surface area (Å²) in [4.78, 5) is 0. The summed E-state index contributed by atoms with van der Waals surface area (Å²) >= 11 is 3.49. The largest absolute Gasteiger partial charge is 0.492 e. The van der Waals surface area contributed by atoms with Gasteiger partial charge in [0, 0.05) is 0 Å². The molecule has 0 radical (unpaired) electrons. The maximum absolute atomic E-state index is 5.80. The highest BCUT2D eigenvalue weighted by Gasteiger charge is 2.22. The smallest absolute Gasteiger partial charge is 0.229 e. The normalized spacial score (nSPS) is 14.7. The summed E-state index contributed by atoms with van der Waals surface area (Å²) in [6, 6.07) is 5.86. The Morgan fingerprint density at radius 1 is 1.44 bits per heavy atom. The maximum Gasteiger partial charge on any atom is 0.229 e. The van der Waals surface area contributed by atoms with Crippen LogP contribution in [0.15, 0.2) is 33.4 Å². The number of anilines is 1. The van der Waals surface area contributed by atoms with E-state index in [0.29, 0.717) is 5.88 Å². The summed E-state index contributed by atoms with van der Waals surface area (Å²) in [7, 11) is 0. The molecule has 3 rings (SSSR count). The number of hydrogen-bond donors (Lipinski definition) is 1. The molecule has 1 heterocycles. The number of rotatable bonds is 4. The molecular formula is C13H13BrN2O2. The molecule has 0 saturated heterocycles. The van der Waals surface area contributed by atoms with Crippen molar-refractivity contribution in [3.8, 4) is 16.9 Å². The number of hydrogen-bond acceptors (Lipinski definition) is 4. The quantitative estimate of drug-likeness (QED) is 0.939. The van der Waals surface area contributed by atoms with Crippen LogP contribution in [0.5, 0.6) is 5.75 Å². The van der Waals surface area contributed by atoms with Gasteiger partial charge >= 0.3 is 0 Å². The van der Waals surface area contributed by atoms with Crippen molar-refractivity contribution in [3.63, 3.8) is 0 Å². The summed E-state index contributed by atoms with van der Waals surface area (Å²) < 4.78 is 11.6. The number of halogens is 1. The third kappa shape index (κ3) is 2.36. The average Bonchev–Trinajstić information content (AvgIpc) is 3.10. The van der Waals surface area contributed by atoms with Crippen LogP contribution in [0, 0.1) is 5.92 Å². The first-order valence-corrected chi connectivity index (χ1v) is 6.66. The molecule has 1 aliphatic rings. The average molecular weight is 309 g/mol. The highest BCUT2D eigenvalue weighted by molar-refractivity contribution is 9.10. The summed E-state index contributed by atoms with van der Waals surface area (Å²) in [5.41, 5.74) is 7.45. The molecule has 1 aromatic heterocycles. The molecule has 1 aliphatic carbocycles. The van der Waals surface area contributed by atoms with Crippen LogP contribution in [0.1, 0.15) is 12.8 Å². The summed E-state index contributed by atoms with van der Waals surface area (Å²) in [6.45, 7) is 0.779. The van der Waals surface area contributed by atoms with Crippen molar-refractivity contribution in [2.45, 2.75) is 12.8 Å². The first-order valence-electron chi connectivity index (χ1n) is 5.87. The van der Waals surface area contributed by atoms with Gasteiger partial charge in [0.1, 0.15) is 5.75 Å². The van der Waals surface area contributed by atoms with Gasteiger partial charge in [-0.15, -0.1) is 0 Å². The van der Waals surface area contributed by atoms with Gasteiger partial charge in [0.15, 0.2) is 0 Å². The first kappa shape index (κ1) is 11.6. The van der Waals surface area contributed by atoms with E-state index in [4.69, 9.17) is 15.0 Å². The van der Waals surface area contributed by atoms with Crippen LogP contribution in [0.3, 0.4) is 0 Å². The van der Waals surface area contributed by atoms with Gasteiger partial charge in [-0.1, -0.05) is 11.2 Å². The van der Waals surface area contributed by atoms with Crippen molar-refractivity contribution < 1.29 is 9.26 Å². The lowest BCUT2D eigenvalue weighted by atomic mass is 10.1. The van der Waals surface area contributed by atoms with E-state index in [9.17, 15) is 0 Å². The lowest BCUT2D eigenvalue weighted by Crippen LogP contribution is -1.99. The molecule has 0 spiro atoms. The fourth-order valence-corrected chi connectivity index (χ4v) is 2.10. The van der Waals surface area contributed by atoms with Crippen LogP contribution in [0.4, 0.5) is 5.88 Å². The molecule has 0 aliphatic heterocycles. The van der Waals surface area contributed by atoms with Gasteiger partial charge < -0.3 is 15.0 Å². The zero-order chi connectivity index (χ0) is 12.5. The van der Waals surface area contributed by atoms with Crippen LogP contribution in [-0.2, 0) is 0 Å². The van der Waals surface area contributed by atoms with Crippen molar-refractivity contribution in [2.75, 3.05) is 12.3 Å². The van der Waals surface area contributed by atoms with E-state index in [-0.39, 0.29) is 0 Å². The highest BCUT2D eigenvalue weighted by atomic mass is 79.9. The van der Waals surface area contributed by atoms with Gasteiger partial charge in [-0.3, -0.25) is 0 Å². The second kappa shape index (κ2) is 4.65. The number of aromatic nitrogens is 1. The van der Waals surface area contributed by atoms with Crippen molar-refractivity contribution >= 4 is 21.8 Å². The van der Waals surface area contributed by atoms with Gasteiger partial charge in [-0.05, 0) is 52.4 Å². The Morgan fingerprint density at radius 2 is 2.28 bits per heavy atom. The summed E-state index contributed by atoms with van der Waals surface area (Å²) in [6.07, 6.45) is 4.16. The molecule has 1 aromatic carbocycles. The van der Waals surface area contributed by atoms with Crippen molar-refractivity contribution in [3.05, 3.63) is 28.9 Å². The Hall–Kier alpha value is -1.49. The molecule has 1 fully saturated rings. The van der Waals surface area contributed by atoms with Gasteiger partial charge in [0.2, 0.25) is 5.88 Å². The molecule has 0 unspecified atom stereocenters. The first-order chi connectivity index (χ1) is 8.74. The van der Waals surface area contributed by atoms with E-state index in [1.807, 2.05) is 18.2 Å². The zero-order valence-corrected chi connectivity index (χ0v) is 11.3. The third-order valence-electron chi connectivity index (χ3n) is 3.01. The second-order valence-corrected chi connectivity index (χ2v) is 5.36. The van der Waals surface area contributed by atoms with E-state index in [1.165, 1.54) is 12.8 Å². The minimum Gasteiger partial charge on any atom is -0.492 e. The molecule has 94 valence electrons. The zero-order valence-electron chi connectivity index (χ0n) is 9.73. The highest BCUT2D eigenvalue weighted by Crippen LogP contribution is 2.35. The minimum atomic E-state index is 0.325. The Balaban J connectivity index is 1.87. The second-order valence-electron chi connectivity index (χ2n) is 4.50. The van der Waals surface area contributed by atoms with E-state index in [0.717, 1.165) is 33.9 Å². The molecule has 0 atom stereocenters. The van der Waals surface area contributed by atoms with Gasteiger partial charge in [-0.25, -0.2) is 0 Å². The van der Waals surface area contributed by atoms with Gasteiger partial charge in [0.25, 0.3) is 0 Å². The SMILES string of the molecule is Nc1oncc1-c1ccc(Br)c(OCC2CC2)c1. The van der Waals surface area contributed by atoms with E-state index in [2.05, 4.69) is 21.1 Å². The summed E-state index contributed by atoms with van der Waals surface area (Å²) in [5.74, 6) is 1.88. The number of nitrogen functional groups attached to an aromatic ring is 1.